The van der Waals surface area contributed by atoms with Crippen LogP contribution in [0.2, 0.25) is 0 Å². The van der Waals surface area contributed by atoms with E-state index < -0.39 is 23.8 Å². The van der Waals surface area contributed by atoms with Gasteiger partial charge in [0.15, 0.2) is 0 Å². The number of nitrogens with one attached hydrogen (secondary N) is 2. The van der Waals surface area contributed by atoms with E-state index in [0.717, 1.165) is 28.3 Å². The summed E-state index contributed by atoms with van der Waals surface area (Å²) in [5.41, 5.74) is 4.26. The molecule has 0 saturated carbocycles. The third-order valence-corrected chi connectivity index (χ3v) is 5.43. The molecule has 0 bridgehead atoms. The van der Waals surface area contributed by atoms with Gasteiger partial charge in [0, 0.05) is 18.2 Å². The number of carbonyl (C=O) groups is 3. The van der Waals surface area contributed by atoms with Crippen molar-refractivity contribution in [2.75, 3.05) is 18.5 Å². The number of hydrogen-bond donors (Lipinski definition) is 3. The maximum Gasteiger partial charge on any atom is 0.411 e. The Labute approximate surface area is 189 Å². The second-order valence-corrected chi connectivity index (χ2v) is 7.54. The number of hydrogen-bond acceptors (Lipinski definition) is 4. The van der Waals surface area contributed by atoms with Crippen LogP contribution in [0.5, 0.6) is 0 Å². The van der Waals surface area contributed by atoms with Gasteiger partial charge < -0.3 is 15.2 Å². The van der Waals surface area contributed by atoms with Crippen LogP contribution in [0.3, 0.4) is 0 Å². The van der Waals surface area contributed by atoms with Crippen molar-refractivity contribution in [3.8, 4) is 11.1 Å². The van der Waals surface area contributed by atoms with Gasteiger partial charge in [0.25, 0.3) is 5.91 Å². The van der Waals surface area contributed by atoms with Crippen molar-refractivity contribution in [3.63, 3.8) is 0 Å². The molecule has 0 spiro atoms. The molecule has 3 N–H and O–H groups in total. The molecular weight excluding hydrogens is 427 g/mol. The number of carboxylic acid groups (broad SMARTS) is 1. The van der Waals surface area contributed by atoms with Crippen molar-refractivity contribution in [2.45, 2.75) is 12.3 Å². The number of aliphatic carboxylic acids is 1. The third kappa shape index (κ3) is 4.85. The molecule has 3 aromatic carbocycles. The van der Waals surface area contributed by atoms with Gasteiger partial charge in [0.2, 0.25) is 0 Å². The summed E-state index contributed by atoms with van der Waals surface area (Å²) in [7, 11) is 0. The number of amides is 2. The van der Waals surface area contributed by atoms with Crippen molar-refractivity contribution in [3.05, 3.63) is 89.2 Å². The summed E-state index contributed by atoms with van der Waals surface area (Å²) in [6, 6.07) is 19.5. The average Bonchev–Trinajstić information content (AvgIpc) is 3.11. The summed E-state index contributed by atoms with van der Waals surface area (Å²) in [5, 5.41) is 13.4. The molecule has 0 fully saturated rings. The van der Waals surface area contributed by atoms with Crippen molar-refractivity contribution in [1.29, 1.82) is 0 Å². The average molecular weight is 448 g/mol. The zero-order chi connectivity index (χ0) is 23.4. The highest BCUT2D eigenvalue weighted by Gasteiger charge is 2.29. The lowest BCUT2D eigenvalue weighted by Gasteiger charge is -2.15. The second kappa shape index (κ2) is 9.52. The summed E-state index contributed by atoms with van der Waals surface area (Å²) in [6.07, 6.45) is -1.01. The van der Waals surface area contributed by atoms with Gasteiger partial charge in [-0.2, -0.15) is 0 Å². The van der Waals surface area contributed by atoms with Gasteiger partial charge >= 0.3 is 12.1 Å². The zero-order valence-corrected chi connectivity index (χ0v) is 17.5. The van der Waals surface area contributed by atoms with E-state index in [1.165, 1.54) is 12.1 Å². The first kappa shape index (κ1) is 22.0. The predicted octanol–water partition coefficient (Wildman–Crippen LogP) is 4.39. The molecule has 1 aliphatic rings. The summed E-state index contributed by atoms with van der Waals surface area (Å²) >= 11 is 0. The Morgan fingerprint density at radius 2 is 1.58 bits per heavy atom. The first-order chi connectivity index (χ1) is 15.9. The lowest BCUT2D eigenvalue weighted by molar-refractivity contribution is -0.136. The van der Waals surface area contributed by atoms with Crippen LogP contribution in [0.15, 0.2) is 66.7 Å². The molecule has 0 aliphatic heterocycles. The van der Waals surface area contributed by atoms with Crippen molar-refractivity contribution < 1.29 is 28.6 Å². The number of ether oxygens (including phenoxy) is 1. The molecule has 8 heteroatoms. The van der Waals surface area contributed by atoms with Crippen LogP contribution in [-0.2, 0) is 9.53 Å². The minimum absolute atomic E-state index is 0.100. The first-order valence-corrected chi connectivity index (χ1v) is 10.4. The van der Waals surface area contributed by atoms with Crippen LogP contribution in [-0.4, -0.2) is 36.2 Å². The smallest absolute Gasteiger partial charge is 0.411 e. The molecule has 0 atom stereocenters. The number of benzene rings is 3. The molecule has 0 saturated heterocycles. The van der Waals surface area contributed by atoms with E-state index in [4.69, 9.17) is 9.84 Å². The topological polar surface area (TPSA) is 105 Å². The Bertz CT molecular complexity index is 1180. The Balaban J connectivity index is 1.37. The fourth-order valence-electron chi connectivity index (χ4n) is 3.91. The predicted molar refractivity (Wildman–Crippen MR) is 120 cm³/mol. The Hall–Kier alpha value is -4.20. The van der Waals surface area contributed by atoms with Crippen molar-refractivity contribution >= 4 is 23.7 Å². The highest BCUT2D eigenvalue weighted by molar-refractivity contribution is 5.95. The van der Waals surface area contributed by atoms with Gasteiger partial charge in [0.1, 0.15) is 12.4 Å². The van der Waals surface area contributed by atoms with E-state index in [9.17, 15) is 18.8 Å². The molecule has 2 amide bonds. The molecule has 4 rings (SSSR count). The minimum Gasteiger partial charge on any atom is -0.481 e. The molecule has 0 heterocycles. The molecule has 0 unspecified atom stereocenters. The van der Waals surface area contributed by atoms with Crippen LogP contribution >= 0.6 is 0 Å². The number of halogens is 1. The van der Waals surface area contributed by atoms with Gasteiger partial charge in [-0.05, 0) is 40.5 Å². The van der Waals surface area contributed by atoms with Crippen LogP contribution in [0.4, 0.5) is 14.9 Å². The first-order valence-electron chi connectivity index (χ1n) is 10.4. The fourth-order valence-corrected chi connectivity index (χ4v) is 3.91. The van der Waals surface area contributed by atoms with Crippen LogP contribution in [0, 0.1) is 5.82 Å². The summed E-state index contributed by atoms with van der Waals surface area (Å²) in [5.74, 6) is -2.75. The Morgan fingerprint density at radius 1 is 0.939 bits per heavy atom. The van der Waals surface area contributed by atoms with E-state index in [0.29, 0.717) is 0 Å². The van der Waals surface area contributed by atoms with Gasteiger partial charge in [-0.25, -0.2) is 9.18 Å². The largest absolute Gasteiger partial charge is 0.481 e. The standard InChI is InChI=1S/C25H21FN2O5/c26-22-13-15(9-10-20(22)24(31)27-12-11-23(29)30)28-25(32)33-14-21-18-7-3-1-5-16(18)17-6-2-4-8-19(17)21/h1-10,13,21H,11-12,14H2,(H,27,31)(H,28,32)(H,29,30). The third-order valence-electron chi connectivity index (χ3n) is 5.43. The molecular formula is C25H21FN2O5. The highest BCUT2D eigenvalue weighted by Crippen LogP contribution is 2.44. The quantitative estimate of drug-likeness (QED) is 0.497. The van der Waals surface area contributed by atoms with Gasteiger partial charge in [-0.1, -0.05) is 48.5 Å². The maximum atomic E-state index is 14.3. The molecule has 1 aliphatic carbocycles. The van der Waals surface area contributed by atoms with E-state index in [1.807, 2.05) is 48.5 Å². The van der Waals surface area contributed by atoms with Crippen LogP contribution in [0.25, 0.3) is 11.1 Å². The second-order valence-electron chi connectivity index (χ2n) is 7.54. The van der Waals surface area contributed by atoms with Gasteiger partial charge in [-0.15, -0.1) is 0 Å². The lowest BCUT2D eigenvalue weighted by Crippen LogP contribution is -2.27. The normalized spacial score (nSPS) is 11.9. The maximum absolute atomic E-state index is 14.3. The molecule has 33 heavy (non-hydrogen) atoms. The van der Waals surface area contributed by atoms with E-state index >= 15 is 0 Å². The molecule has 0 radical (unpaired) electrons. The molecule has 3 aromatic rings. The van der Waals surface area contributed by atoms with E-state index in [-0.39, 0.29) is 36.7 Å². The van der Waals surface area contributed by atoms with E-state index in [2.05, 4.69) is 10.6 Å². The highest BCUT2D eigenvalue weighted by atomic mass is 19.1. The number of rotatable bonds is 7. The Morgan fingerprint density at radius 3 is 2.18 bits per heavy atom. The summed E-state index contributed by atoms with van der Waals surface area (Å²) in [4.78, 5) is 34.8. The Kier molecular flexibility index (Phi) is 6.35. The number of fused-ring (bicyclic) bond motifs is 3. The molecule has 168 valence electrons. The van der Waals surface area contributed by atoms with Crippen molar-refractivity contribution in [1.82, 2.24) is 5.32 Å². The fraction of sp³-hybridized carbons (Fsp3) is 0.160. The summed E-state index contributed by atoms with van der Waals surface area (Å²) < 4.78 is 19.8. The van der Waals surface area contributed by atoms with Gasteiger partial charge in [-0.3, -0.25) is 14.9 Å². The molecule has 7 nitrogen and oxygen atoms in total. The zero-order valence-electron chi connectivity index (χ0n) is 17.5. The minimum atomic E-state index is -1.07. The summed E-state index contributed by atoms with van der Waals surface area (Å²) in [6.45, 7) is -0.000231. The number of carbonyl (C=O) groups excluding carboxylic acids is 2. The monoisotopic (exact) mass is 448 g/mol. The van der Waals surface area contributed by atoms with E-state index in [1.54, 1.807) is 0 Å². The van der Waals surface area contributed by atoms with Crippen molar-refractivity contribution in [2.24, 2.45) is 0 Å². The van der Waals surface area contributed by atoms with Crippen LogP contribution < -0.4 is 10.6 Å². The van der Waals surface area contributed by atoms with Gasteiger partial charge in [0.05, 0.1) is 12.0 Å². The molecule has 0 aromatic heterocycles. The number of anilines is 1. The number of carboxylic acids is 1. The SMILES string of the molecule is O=C(O)CCNC(=O)c1ccc(NC(=O)OCC2c3ccccc3-c3ccccc32)cc1F. The lowest BCUT2D eigenvalue weighted by atomic mass is 9.98. The van der Waals surface area contributed by atoms with Crippen LogP contribution in [0.1, 0.15) is 33.8 Å².